The summed E-state index contributed by atoms with van der Waals surface area (Å²) in [6, 6.07) is 3.27. The van der Waals surface area contributed by atoms with Crippen molar-refractivity contribution >= 4 is 21.8 Å². The Labute approximate surface area is 102 Å². The van der Waals surface area contributed by atoms with Crippen LogP contribution in [0.5, 0.6) is 0 Å². The molecule has 0 radical (unpaired) electrons. The van der Waals surface area contributed by atoms with Crippen LogP contribution in [0.2, 0.25) is 0 Å². The number of hydrogen-bond donors (Lipinski definition) is 3. The van der Waals surface area contributed by atoms with Crippen LogP contribution in [0.3, 0.4) is 0 Å². The molecule has 90 valence electrons. The van der Waals surface area contributed by atoms with Gasteiger partial charge in [-0.2, -0.15) is 0 Å². The molecule has 1 unspecified atom stereocenters. The normalized spacial score (nSPS) is 12.4. The van der Waals surface area contributed by atoms with Gasteiger partial charge in [0.05, 0.1) is 6.10 Å². The first-order valence-electron chi connectivity index (χ1n) is 5.02. The fourth-order valence-corrected chi connectivity index (χ4v) is 1.41. The molecule has 1 rings (SSSR count). The van der Waals surface area contributed by atoms with Gasteiger partial charge < -0.3 is 20.2 Å². The number of halogens is 1. The highest BCUT2D eigenvalue weighted by atomic mass is 79.9. The Kier molecular flexibility index (Phi) is 5.51. The van der Waals surface area contributed by atoms with Gasteiger partial charge in [0.2, 0.25) is 0 Å². The Bertz CT molecular complexity index is 339. The Morgan fingerprint density at radius 1 is 1.56 bits per heavy atom. The second-order valence-corrected chi connectivity index (χ2v) is 4.19. The van der Waals surface area contributed by atoms with E-state index in [0.717, 1.165) is 0 Å². The fourth-order valence-electron chi connectivity index (χ4n) is 1.10. The van der Waals surface area contributed by atoms with Gasteiger partial charge in [-0.15, -0.1) is 0 Å². The van der Waals surface area contributed by atoms with E-state index in [9.17, 15) is 4.79 Å². The number of carbonyl (C=O) groups is 1. The molecule has 16 heavy (non-hydrogen) atoms. The fraction of sp³-hybridized carbons (Fsp3) is 0.500. The van der Waals surface area contributed by atoms with Gasteiger partial charge in [-0.3, -0.25) is 4.79 Å². The predicted molar refractivity (Wildman–Crippen MR) is 63.3 cm³/mol. The molecular weight excluding hydrogens is 276 g/mol. The number of aliphatic hydroxyl groups is 1. The number of amides is 1. The van der Waals surface area contributed by atoms with E-state index >= 15 is 0 Å². The highest BCUT2D eigenvalue weighted by Crippen LogP contribution is 2.13. The smallest absolute Gasteiger partial charge is 0.287 e. The lowest BCUT2D eigenvalue weighted by molar-refractivity contribution is 0.0924. The zero-order chi connectivity index (χ0) is 12.0. The second kappa shape index (κ2) is 6.67. The number of nitrogens with one attached hydrogen (secondary N) is 2. The van der Waals surface area contributed by atoms with Crippen molar-refractivity contribution in [2.45, 2.75) is 13.0 Å². The van der Waals surface area contributed by atoms with Gasteiger partial charge in [-0.1, -0.05) is 0 Å². The summed E-state index contributed by atoms with van der Waals surface area (Å²) in [6.07, 6.45) is -0.378. The van der Waals surface area contributed by atoms with Gasteiger partial charge in [0.25, 0.3) is 5.91 Å². The van der Waals surface area contributed by atoms with Crippen molar-refractivity contribution in [3.63, 3.8) is 0 Å². The average Bonchev–Trinajstić information content (AvgIpc) is 2.63. The highest BCUT2D eigenvalue weighted by Gasteiger charge is 2.08. The third-order valence-corrected chi connectivity index (χ3v) is 2.25. The molecule has 6 heteroatoms. The summed E-state index contributed by atoms with van der Waals surface area (Å²) >= 11 is 3.12. The lowest BCUT2D eigenvalue weighted by Crippen LogP contribution is -2.34. The molecule has 1 atom stereocenters. The van der Waals surface area contributed by atoms with Crippen LogP contribution in [0.4, 0.5) is 0 Å². The zero-order valence-corrected chi connectivity index (χ0v) is 10.6. The largest absolute Gasteiger partial charge is 0.444 e. The van der Waals surface area contributed by atoms with Gasteiger partial charge in [0.15, 0.2) is 10.4 Å². The maximum atomic E-state index is 11.5. The number of carbonyl (C=O) groups excluding carboxylic acids is 1. The molecule has 0 aliphatic heterocycles. The molecule has 0 aromatic carbocycles. The van der Waals surface area contributed by atoms with Gasteiger partial charge in [-0.25, -0.2) is 0 Å². The number of hydrogen-bond acceptors (Lipinski definition) is 4. The highest BCUT2D eigenvalue weighted by molar-refractivity contribution is 9.10. The summed E-state index contributed by atoms with van der Waals surface area (Å²) in [6.45, 7) is 3.32. The molecule has 3 N–H and O–H groups in total. The van der Waals surface area contributed by atoms with Crippen molar-refractivity contribution in [1.29, 1.82) is 0 Å². The minimum atomic E-state index is -0.378. The summed E-state index contributed by atoms with van der Waals surface area (Å²) in [5.41, 5.74) is 0. The molecule has 0 fully saturated rings. The zero-order valence-electron chi connectivity index (χ0n) is 9.00. The van der Waals surface area contributed by atoms with Crippen molar-refractivity contribution < 1.29 is 14.3 Å². The molecule has 0 saturated carbocycles. The van der Waals surface area contributed by atoms with Gasteiger partial charge in [-0.05, 0) is 35.0 Å². The summed E-state index contributed by atoms with van der Waals surface area (Å²) in [4.78, 5) is 11.5. The molecule has 0 spiro atoms. The van der Waals surface area contributed by atoms with Crippen molar-refractivity contribution in [3.8, 4) is 0 Å². The standard InChI is InChI=1S/C10H15BrN2O3/c1-7(14)6-12-4-5-13-10(15)8-2-3-9(11)16-8/h2-3,7,12,14H,4-6H2,1H3,(H,13,15). The van der Waals surface area contributed by atoms with E-state index in [0.29, 0.717) is 24.3 Å². The number of rotatable bonds is 6. The van der Waals surface area contributed by atoms with Crippen molar-refractivity contribution in [1.82, 2.24) is 10.6 Å². The minimum Gasteiger partial charge on any atom is -0.444 e. The summed E-state index contributed by atoms with van der Waals surface area (Å²) in [5, 5.41) is 14.7. The van der Waals surface area contributed by atoms with E-state index in [4.69, 9.17) is 9.52 Å². The van der Waals surface area contributed by atoms with Crippen LogP contribution in [-0.4, -0.2) is 36.8 Å². The van der Waals surface area contributed by atoms with E-state index in [-0.39, 0.29) is 17.8 Å². The third-order valence-electron chi connectivity index (χ3n) is 1.82. The lowest BCUT2D eigenvalue weighted by atomic mass is 10.4. The maximum Gasteiger partial charge on any atom is 0.287 e. The third kappa shape index (κ3) is 4.78. The Hall–Kier alpha value is -0.850. The molecule has 0 aliphatic rings. The summed E-state index contributed by atoms with van der Waals surface area (Å²) in [5.74, 6) is 0.0342. The molecule has 1 aromatic heterocycles. The quantitative estimate of drug-likeness (QED) is 0.676. The SMILES string of the molecule is CC(O)CNCCNC(=O)c1ccc(Br)o1. The van der Waals surface area contributed by atoms with Gasteiger partial charge in [0.1, 0.15) is 0 Å². The van der Waals surface area contributed by atoms with Crippen LogP contribution in [0.1, 0.15) is 17.5 Å². The van der Waals surface area contributed by atoms with Gasteiger partial charge >= 0.3 is 0 Å². The van der Waals surface area contributed by atoms with E-state index in [1.165, 1.54) is 0 Å². The van der Waals surface area contributed by atoms with Crippen LogP contribution in [0.25, 0.3) is 0 Å². The second-order valence-electron chi connectivity index (χ2n) is 3.41. The first-order valence-corrected chi connectivity index (χ1v) is 5.81. The minimum absolute atomic E-state index is 0.246. The topological polar surface area (TPSA) is 74.5 Å². The molecular formula is C10H15BrN2O3. The number of aliphatic hydroxyl groups excluding tert-OH is 1. The van der Waals surface area contributed by atoms with E-state index in [1.807, 2.05) is 0 Å². The monoisotopic (exact) mass is 290 g/mol. The average molecular weight is 291 g/mol. The first-order chi connectivity index (χ1) is 7.59. The Morgan fingerprint density at radius 2 is 2.31 bits per heavy atom. The van der Waals surface area contributed by atoms with Crippen LogP contribution in [-0.2, 0) is 0 Å². The van der Waals surface area contributed by atoms with Crippen LogP contribution < -0.4 is 10.6 Å². The van der Waals surface area contributed by atoms with Crippen molar-refractivity contribution in [3.05, 3.63) is 22.6 Å². The molecule has 5 nitrogen and oxygen atoms in total. The Morgan fingerprint density at radius 3 is 2.88 bits per heavy atom. The first kappa shape index (κ1) is 13.2. The molecule has 1 amide bonds. The molecule has 0 saturated heterocycles. The predicted octanol–water partition coefficient (Wildman–Crippen LogP) is 0.742. The lowest BCUT2D eigenvalue weighted by Gasteiger charge is -2.07. The van der Waals surface area contributed by atoms with E-state index in [1.54, 1.807) is 19.1 Å². The van der Waals surface area contributed by atoms with Crippen molar-refractivity contribution in [2.75, 3.05) is 19.6 Å². The van der Waals surface area contributed by atoms with Crippen LogP contribution in [0.15, 0.2) is 21.2 Å². The van der Waals surface area contributed by atoms with Crippen LogP contribution >= 0.6 is 15.9 Å². The molecule has 1 heterocycles. The molecule has 0 aliphatic carbocycles. The molecule has 1 aromatic rings. The van der Waals surface area contributed by atoms with Gasteiger partial charge in [0, 0.05) is 19.6 Å². The van der Waals surface area contributed by atoms with E-state index < -0.39 is 0 Å². The van der Waals surface area contributed by atoms with E-state index in [2.05, 4.69) is 26.6 Å². The summed E-state index contributed by atoms with van der Waals surface area (Å²) < 4.78 is 5.62. The Balaban J connectivity index is 2.16. The molecule has 0 bridgehead atoms. The van der Waals surface area contributed by atoms with Crippen molar-refractivity contribution in [2.24, 2.45) is 0 Å². The number of furan rings is 1. The summed E-state index contributed by atoms with van der Waals surface area (Å²) in [7, 11) is 0. The maximum absolute atomic E-state index is 11.5. The van der Waals surface area contributed by atoms with Crippen LogP contribution in [0, 0.1) is 0 Å².